The summed E-state index contributed by atoms with van der Waals surface area (Å²) >= 11 is 3.59. The molecule has 4 aromatic carbocycles. The molecule has 0 fully saturated rings. The SMILES string of the molecule is C[B]c1ccc2c3ccc(Br)cc3c3[nH]c(-c4cccc(O)c4)nc3c2c1. The van der Waals surface area contributed by atoms with Crippen LogP contribution in [-0.2, 0) is 0 Å². The van der Waals surface area contributed by atoms with Gasteiger partial charge in [0.15, 0.2) is 0 Å². The summed E-state index contributed by atoms with van der Waals surface area (Å²) in [6.45, 7) is 2.04. The molecule has 5 heteroatoms. The van der Waals surface area contributed by atoms with Gasteiger partial charge < -0.3 is 10.1 Å². The number of aromatic amines is 1. The Kier molecular flexibility index (Phi) is 3.72. The second-order valence-corrected chi connectivity index (χ2v) is 7.56. The first-order valence-electron chi connectivity index (χ1n) is 8.77. The molecule has 0 saturated carbocycles. The average Bonchev–Trinajstić information content (AvgIpc) is 3.13. The largest absolute Gasteiger partial charge is 0.508 e. The monoisotopic (exact) mass is 413 g/mol. The van der Waals surface area contributed by atoms with Gasteiger partial charge in [-0.25, -0.2) is 4.98 Å². The molecule has 0 aliphatic heterocycles. The Morgan fingerprint density at radius 3 is 2.56 bits per heavy atom. The summed E-state index contributed by atoms with van der Waals surface area (Å²) in [4.78, 5) is 8.40. The Morgan fingerprint density at radius 2 is 1.74 bits per heavy atom. The van der Waals surface area contributed by atoms with Crippen LogP contribution in [0.15, 0.2) is 65.1 Å². The Morgan fingerprint density at radius 1 is 0.926 bits per heavy atom. The molecule has 5 aromatic rings. The number of hydrogen-bond donors (Lipinski definition) is 2. The van der Waals surface area contributed by atoms with Crippen LogP contribution in [0.5, 0.6) is 5.75 Å². The first-order valence-corrected chi connectivity index (χ1v) is 9.57. The van der Waals surface area contributed by atoms with Crippen LogP contribution >= 0.6 is 15.9 Å². The average molecular weight is 414 g/mol. The first-order chi connectivity index (χ1) is 13.1. The number of nitrogens with zero attached hydrogens (tertiary/aromatic N) is 1. The zero-order valence-electron chi connectivity index (χ0n) is 14.6. The van der Waals surface area contributed by atoms with Crippen LogP contribution in [0.25, 0.3) is 44.0 Å². The van der Waals surface area contributed by atoms with Crippen LogP contribution in [0.3, 0.4) is 0 Å². The minimum atomic E-state index is 0.230. The van der Waals surface area contributed by atoms with E-state index in [2.05, 4.69) is 64.6 Å². The maximum atomic E-state index is 9.85. The van der Waals surface area contributed by atoms with Crippen LogP contribution in [0.4, 0.5) is 0 Å². The van der Waals surface area contributed by atoms with Gasteiger partial charge in [0.05, 0.1) is 11.0 Å². The van der Waals surface area contributed by atoms with Crippen LogP contribution in [0.2, 0.25) is 6.82 Å². The van der Waals surface area contributed by atoms with Crippen molar-refractivity contribution in [3.05, 3.63) is 65.1 Å². The third-order valence-electron chi connectivity index (χ3n) is 5.00. The summed E-state index contributed by atoms with van der Waals surface area (Å²) in [5.74, 6) is 0.980. The highest BCUT2D eigenvalue weighted by Gasteiger charge is 2.15. The maximum absolute atomic E-state index is 9.85. The van der Waals surface area contributed by atoms with Gasteiger partial charge in [0.1, 0.15) is 18.9 Å². The number of phenolic OH excluding ortho intramolecular Hbond substituents is 1. The molecule has 0 spiro atoms. The van der Waals surface area contributed by atoms with Gasteiger partial charge in [-0.3, -0.25) is 0 Å². The molecule has 0 atom stereocenters. The molecule has 0 bridgehead atoms. The summed E-state index contributed by atoms with van der Waals surface area (Å²) < 4.78 is 1.03. The predicted octanol–water partition coefficient (Wildman–Crippen LogP) is 5.38. The van der Waals surface area contributed by atoms with E-state index >= 15 is 0 Å². The van der Waals surface area contributed by atoms with Crippen molar-refractivity contribution in [1.29, 1.82) is 0 Å². The summed E-state index contributed by atoms with van der Waals surface area (Å²) in [6.07, 6.45) is 0. The quantitative estimate of drug-likeness (QED) is 0.301. The van der Waals surface area contributed by atoms with Crippen molar-refractivity contribution in [3.63, 3.8) is 0 Å². The lowest BCUT2D eigenvalue weighted by Gasteiger charge is -2.08. The van der Waals surface area contributed by atoms with E-state index in [1.54, 1.807) is 12.1 Å². The molecule has 0 saturated heterocycles. The van der Waals surface area contributed by atoms with Crippen molar-refractivity contribution in [2.24, 2.45) is 0 Å². The molecule has 1 radical (unpaired) electrons. The van der Waals surface area contributed by atoms with E-state index in [1.807, 2.05) is 19.0 Å². The minimum Gasteiger partial charge on any atom is -0.508 e. The van der Waals surface area contributed by atoms with Gasteiger partial charge in [-0.15, -0.1) is 0 Å². The molecule has 1 aromatic heterocycles. The van der Waals surface area contributed by atoms with E-state index in [4.69, 9.17) is 4.98 Å². The van der Waals surface area contributed by atoms with Gasteiger partial charge in [-0.1, -0.05) is 64.6 Å². The minimum absolute atomic E-state index is 0.230. The summed E-state index contributed by atoms with van der Waals surface area (Å²) in [5, 5.41) is 14.5. The number of hydrogen-bond acceptors (Lipinski definition) is 2. The maximum Gasteiger partial charge on any atom is 0.148 e. The van der Waals surface area contributed by atoms with Crippen LogP contribution in [0.1, 0.15) is 0 Å². The lowest BCUT2D eigenvalue weighted by atomic mass is 9.72. The molecule has 0 unspecified atom stereocenters. The van der Waals surface area contributed by atoms with Gasteiger partial charge in [0.2, 0.25) is 0 Å². The second kappa shape index (κ2) is 6.13. The number of halogens is 1. The van der Waals surface area contributed by atoms with Crippen LogP contribution < -0.4 is 5.46 Å². The lowest BCUT2D eigenvalue weighted by Crippen LogP contribution is -2.09. The summed E-state index contributed by atoms with van der Waals surface area (Å²) in [5.41, 5.74) is 3.98. The van der Waals surface area contributed by atoms with Gasteiger partial charge in [-0.05, 0) is 35.0 Å². The second-order valence-electron chi connectivity index (χ2n) is 6.64. The fourth-order valence-corrected chi connectivity index (χ4v) is 4.04. The Bertz CT molecular complexity index is 1340. The molecule has 27 heavy (non-hydrogen) atoms. The van der Waals surface area contributed by atoms with Crippen molar-refractivity contribution in [2.75, 3.05) is 0 Å². The summed E-state index contributed by atoms with van der Waals surface area (Å²) in [7, 11) is 2.10. The van der Waals surface area contributed by atoms with Crippen molar-refractivity contribution in [1.82, 2.24) is 9.97 Å². The van der Waals surface area contributed by atoms with Gasteiger partial charge >= 0.3 is 0 Å². The number of H-pyrrole nitrogens is 1. The van der Waals surface area contributed by atoms with E-state index < -0.39 is 0 Å². The van der Waals surface area contributed by atoms with E-state index in [0.29, 0.717) is 0 Å². The Hall–Kier alpha value is -2.79. The van der Waals surface area contributed by atoms with E-state index in [9.17, 15) is 5.11 Å². The summed E-state index contributed by atoms with van der Waals surface area (Å²) in [6, 6.07) is 20.0. The van der Waals surface area contributed by atoms with E-state index in [1.165, 1.54) is 16.2 Å². The molecular weight excluding hydrogens is 399 g/mol. The van der Waals surface area contributed by atoms with Crippen LogP contribution in [0, 0.1) is 0 Å². The lowest BCUT2D eigenvalue weighted by molar-refractivity contribution is 0.475. The van der Waals surface area contributed by atoms with E-state index in [0.717, 1.165) is 37.7 Å². The first kappa shape index (κ1) is 16.4. The predicted molar refractivity (Wildman–Crippen MR) is 117 cm³/mol. The topological polar surface area (TPSA) is 48.9 Å². The smallest absolute Gasteiger partial charge is 0.148 e. The number of imidazole rings is 1. The molecular formula is C22H15BBrN2O. The molecule has 5 rings (SSSR count). The van der Waals surface area contributed by atoms with Crippen molar-refractivity contribution >= 4 is 61.3 Å². The third-order valence-corrected chi connectivity index (χ3v) is 5.49. The number of nitrogens with one attached hydrogen (secondary N) is 1. The number of fused-ring (bicyclic) bond motifs is 6. The van der Waals surface area contributed by atoms with Crippen LogP contribution in [-0.4, -0.2) is 22.4 Å². The molecule has 1 heterocycles. The van der Waals surface area contributed by atoms with E-state index in [-0.39, 0.29) is 5.75 Å². The molecule has 0 amide bonds. The number of benzene rings is 4. The zero-order chi connectivity index (χ0) is 18.5. The molecule has 0 aliphatic rings. The number of aromatic nitrogens is 2. The molecule has 3 nitrogen and oxygen atoms in total. The molecule has 129 valence electrons. The molecule has 2 N–H and O–H groups in total. The highest BCUT2D eigenvalue weighted by molar-refractivity contribution is 9.10. The number of phenols is 1. The standard InChI is InChI=1S/C22H15BBrN2O/c1-23-13-5-7-16-17-8-6-14(24)11-19(17)21-20(18(16)10-13)25-22(26-21)12-3-2-4-15(27)9-12/h2-11,27H,1H3,(H,25,26). The molecule has 0 aliphatic carbocycles. The zero-order valence-corrected chi connectivity index (χ0v) is 16.2. The van der Waals surface area contributed by atoms with Crippen molar-refractivity contribution in [2.45, 2.75) is 6.82 Å². The normalized spacial score (nSPS) is 11.5. The van der Waals surface area contributed by atoms with Crippen molar-refractivity contribution in [3.8, 4) is 17.1 Å². The van der Waals surface area contributed by atoms with Crippen molar-refractivity contribution < 1.29 is 5.11 Å². The number of rotatable bonds is 2. The van der Waals surface area contributed by atoms with Gasteiger partial charge in [0.25, 0.3) is 0 Å². The van der Waals surface area contributed by atoms with Gasteiger partial charge in [0, 0.05) is 20.8 Å². The Labute approximate surface area is 165 Å². The highest BCUT2D eigenvalue weighted by atomic mass is 79.9. The third kappa shape index (κ3) is 2.61. The highest BCUT2D eigenvalue weighted by Crippen LogP contribution is 2.36. The van der Waals surface area contributed by atoms with Gasteiger partial charge in [-0.2, -0.15) is 0 Å². The number of aromatic hydroxyl groups is 1. The fraction of sp³-hybridized carbons (Fsp3) is 0.0455. The Balaban J connectivity index is 1.95. The fourth-order valence-electron chi connectivity index (χ4n) is 3.68.